The molecule has 1 aromatic rings. The fourth-order valence-corrected chi connectivity index (χ4v) is 4.72. The summed E-state index contributed by atoms with van der Waals surface area (Å²) in [6.45, 7) is 0. The van der Waals surface area contributed by atoms with E-state index in [0.717, 1.165) is 11.8 Å². The Morgan fingerprint density at radius 2 is 1.09 bits per heavy atom. The highest BCUT2D eigenvalue weighted by atomic mass is 14.3. The van der Waals surface area contributed by atoms with Gasteiger partial charge in [0.25, 0.3) is 0 Å². The summed E-state index contributed by atoms with van der Waals surface area (Å²) < 4.78 is 0. The van der Waals surface area contributed by atoms with Crippen LogP contribution in [0, 0.1) is 5.92 Å². The average Bonchev–Trinajstić information content (AvgIpc) is 2.56. The van der Waals surface area contributed by atoms with Crippen molar-refractivity contribution in [2.75, 3.05) is 0 Å². The molecule has 0 aliphatic heterocycles. The molecule has 122 valence electrons. The molecule has 4 rings (SSSR count). The van der Waals surface area contributed by atoms with Crippen molar-refractivity contribution in [1.29, 1.82) is 0 Å². The monoisotopic (exact) mass is 298 g/mol. The molecule has 3 aliphatic rings. The van der Waals surface area contributed by atoms with Crippen LogP contribution in [0.3, 0.4) is 0 Å². The molecule has 0 spiro atoms. The molecule has 0 heterocycles. The van der Waals surface area contributed by atoms with Gasteiger partial charge in [0, 0.05) is 0 Å². The fraction of sp³-hybridized carbons (Fsp3) is 0.727. The summed E-state index contributed by atoms with van der Waals surface area (Å²) in [7, 11) is 0. The lowest BCUT2D eigenvalue weighted by Gasteiger charge is -2.32. The Balaban J connectivity index is 1.69. The maximum absolute atomic E-state index is 2.46. The molecule has 0 heteroatoms. The number of rotatable bonds is 0. The highest BCUT2D eigenvalue weighted by molar-refractivity contribution is 5.26. The molecule has 1 aromatic carbocycles. The van der Waals surface area contributed by atoms with Gasteiger partial charge < -0.3 is 0 Å². The number of hydrogen-bond donors (Lipinski definition) is 0. The van der Waals surface area contributed by atoms with E-state index in [9.17, 15) is 0 Å². The van der Waals surface area contributed by atoms with Gasteiger partial charge in [-0.1, -0.05) is 82.1 Å². The quantitative estimate of drug-likeness (QED) is 0.482. The van der Waals surface area contributed by atoms with Gasteiger partial charge in [-0.25, -0.2) is 0 Å². The van der Waals surface area contributed by atoms with Crippen LogP contribution >= 0.6 is 0 Å². The first-order chi connectivity index (χ1) is 10.9. The first-order valence-corrected chi connectivity index (χ1v) is 10.0. The third kappa shape index (κ3) is 4.61. The molecular formula is C22H34. The van der Waals surface area contributed by atoms with Gasteiger partial charge >= 0.3 is 0 Å². The zero-order chi connectivity index (χ0) is 15.0. The Kier molecular flexibility index (Phi) is 6.40. The van der Waals surface area contributed by atoms with Crippen molar-refractivity contribution in [3.63, 3.8) is 0 Å². The zero-order valence-corrected chi connectivity index (χ0v) is 14.4. The van der Waals surface area contributed by atoms with E-state index in [1.54, 1.807) is 11.1 Å². The van der Waals surface area contributed by atoms with E-state index in [2.05, 4.69) is 24.3 Å². The van der Waals surface area contributed by atoms with Gasteiger partial charge in [-0.2, -0.15) is 0 Å². The van der Waals surface area contributed by atoms with Gasteiger partial charge in [0.15, 0.2) is 0 Å². The minimum Gasteiger partial charge on any atom is -0.0588 e. The number of hydrogen-bond acceptors (Lipinski definition) is 0. The number of benzene rings is 1. The lowest BCUT2D eigenvalue weighted by molar-refractivity contribution is 0.282. The molecule has 2 bridgehead atoms. The van der Waals surface area contributed by atoms with E-state index in [0.29, 0.717) is 0 Å². The topological polar surface area (TPSA) is 0 Å². The predicted molar refractivity (Wildman–Crippen MR) is 96.4 cm³/mol. The van der Waals surface area contributed by atoms with Crippen LogP contribution < -0.4 is 0 Å². The molecule has 1 fully saturated rings. The normalized spacial score (nSPS) is 28.2. The lowest BCUT2D eigenvalue weighted by Crippen LogP contribution is -2.18. The first kappa shape index (κ1) is 16.1. The van der Waals surface area contributed by atoms with E-state index in [4.69, 9.17) is 0 Å². The van der Waals surface area contributed by atoms with Crippen molar-refractivity contribution in [2.24, 2.45) is 5.92 Å². The van der Waals surface area contributed by atoms with Crippen LogP contribution in [-0.2, 0) is 6.42 Å². The standard InChI is InChI=1S/C22H34/c1-2-4-6-8-12-20-13-9-10-14-22(20)21-17-15-19(16-18-21)11-7-5-3-1/h15-18,20,22H,1-14H2/t20-,22+/m0/s1. The molecule has 0 saturated heterocycles. The summed E-state index contributed by atoms with van der Waals surface area (Å²) in [6.07, 6.45) is 20.2. The second kappa shape index (κ2) is 8.75. The average molecular weight is 299 g/mol. The first-order valence-electron chi connectivity index (χ1n) is 10.0. The SMILES string of the molecule is c1cc2ccc1CCCCCCCCCC[C@H]1CCCC[C@@H]21. The van der Waals surface area contributed by atoms with Crippen LogP contribution in [0.1, 0.15) is 101 Å². The highest BCUT2D eigenvalue weighted by Crippen LogP contribution is 2.40. The van der Waals surface area contributed by atoms with Gasteiger partial charge in [-0.15, -0.1) is 0 Å². The van der Waals surface area contributed by atoms with Gasteiger partial charge in [-0.05, 0) is 55.1 Å². The second-order valence-corrected chi connectivity index (χ2v) is 7.76. The summed E-state index contributed by atoms with van der Waals surface area (Å²) in [5.41, 5.74) is 3.20. The summed E-state index contributed by atoms with van der Waals surface area (Å²) in [4.78, 5) is 0. The summed E-state index contributed by atoms with van der Waals surface area (Å²) in [6, 6.07) is 9.77. The van der Waals surface area contributed by atoms with Gasteiger partial charge in [0.1, 0.15) is 0 Å². The summed E-state index contributed by atoms with van der Waals surface area (Å²) in [5.74, 6) is 1.82. The molecule has 0 N–H and O–H groups in total. The van der Waals surface area contributed by atoms with Crippen LogP contribution in [0.5, 0.6) is 0 Å². The molecule has 1 saturated carbocycles. The smallest absolute Gasteiger partial charge is 0.0134 e. The van der Waals surface area contributed by atoms with Crippen LogP contribution in [-0.4, -0.2) is 0 Å². The van der Waals surface area contributed by atoms with Crippen molar-refractivity contribution in [2.45, 2.75) is 95.8 Å². The Hall–Kier alpha value is -0.780. The Bertz CT molecular complexity index is 416. The van der Waals surface area contributed by atoms with Crippen molar-refractivity contribution >= 4 is 0 Å². The van der Waals surface area contributed by atoms with Crippen molar-refractivity contribution in [3.05, 3.63) is 35.4 Å². The van der Waals surface area contributed by atoms with E-state index in [1.165, 1.54) is 89.9 Å². The minimum atomic E-state index is 0.857. The molecule has 0 nitrogen and oxygen atoms in total. The predicted octanol–water partition coefficient (Wildman–Crippen LogP) is 7.03. The lowest BCUT2D eigenvalue weighted by atomic mass is 9.73. The molecule has 0 aromatic heterocycles. The van der Waals surface area contributed by atoms with Crippen LogP contribution in [0.2, 0.25) is 0 Å². The second-order valence-electron chi connectivity index (χ2n) is 7.76. The fourth-order valence-electron chi connectivity index (χ4n) is 4.72. The third-order valence-electron chi connectivity index (χ3n) is 6.11. The zero-order valence-electron chi connectivity index (χ0n) is 14.4. The Labute approximate surface area is 137 Å². The molecule has 2 atom stereocenters. The summed E-state index contributed by atoms with van der Waals surface area (Å²) in [5, 5.41) is 0. The van der Waals surface area contributed by atoms with E-state index >= 15 is 0 Å². The van der Waals surface area contributed by atoms with Crippen LogP contribution in [0.25, 0.3) is 0 Å². The Morgan fingerprint density at radius 3 is 1.82 bits per heavy atom. The molecule has 22 heavy (non-hydrogen) atoms. The summed E-state index contributed by atoms with van der Waals surface area (Å²) >= 11 is 0. The van der Waals surface area contributed by atoms with Crippen molar-refractivity contribution in [3.8, 4) is 0 Å². The number of aryl methyl sites for hydroxylation is 1. The van der Waals surface area contributed by atoms with E-state index in [1.807, 2.05) is 0 Å². The Morgan fingerprint density at radius 1 is 0.545 bits per heavy atom. The third-order valence-corrected chi connectivity index (χ3v) is 6.11. The van der Waals surface area contributed by atoms with Gasteiger partial charge in [-0.3, -0.25) is 0 Å². The maximum Gasteiger partial charge on any atom is -0.0134 e. The largest absolute Gasteiger partial charge is 0.0588 e. The van der Waals surface area contributed by atoms with Gasteiger partial charge in [0.2, 0.25) is 0 Å². The van der Waals surface area contributed by atoms with Gasteiger partial charge in [0.05, 0.1) is 0 Å². The molecular weight excluding hydrogens is 264 g/mol. The molecule has 0 unspecified atom stereocenters. The van der Waals surface area contributed by atoms with E-state index in [-0.39, 0.29) is 0 Å². The molecule has 0 amide bonds. The molecule has 3 aliphatic carbocycles. The van der Waals surface area contributed by atoms with E-state index < -0.39 is 0 Å². The van der Waals surface area contributed by atoms with Crippen LogP contribution in [0.15, 0.2) is 24.3 Å². The highest BCUT2D eigenvalue weighted by Gasteiger charge is 2.25. The van der Waals surface area contributed by atoms with Crippen LogP contribution in [0.4, 0.5) is 0 Å². The molecule has 0 radical (unpaired) electrons. The van der Waals surface area contributed by atoms with Crippen molar-refractivity contribution < 1.29 is 0 Å². The number of fused-ring (bicyclic) bond motifs is 11. The van der Waals surface area contributed by atoms with Crippen molar-refractivity contribution in [1.82, 2.24) is 0 Å². The minimum absolute atomic E-state index is 0.857. The maximum atomic E-state index is 2.46.